The lowest BCUT2D eigenvalue weighted by molar-refractivity contribution is -0.187. The van der Waals surface area contributed by atoms with Gasteiger partial charge in [0.15, 0.2) is 0 Å². The SMILES string of the molecule is N#Cc1ccc(S(=O)(=O)N2C[C@@H](C(F)(F)F)[C@H](C(=O)O)C2)cc1. The molecule has 1 fully saturated rings. The minimum absolute atomic E-state index is 0.196. The van der Waals surface area contributed by atoms with Gasteiger partial charge in [0, 0.05) is 13.1 Å². The molecule has 0 aliphatic carbocycles. The Labute approximate surface area is 129 Å². The first-order valence-corrected chi connectivity index (χ1v) is 7.81. The number of alkyl halides is 3. The molecule has 1 aromatic carbocycles. The van der Waals surface area contributed by atoms with Gasteiger partial charge in [0.05, 0.1) is 28.4 Å². The fourth-order valence-corrected chi connectivity index (χ4v) is 3.89. The number of benzene rings is 1. The molecule has 2 rings (SSSR count). The molecule has 1 N–H and O–H groups in total. The van der Waals surface area contributed by atoms with Crippen molar-refractivity contribution in [1.29, 1.82) is 5.26 Å². The van der Waals surface area contributed by atoms with E-state index >= 15 is 0 Å². The van der Waals surface area contributed by atoms with Crippen LogP contribution in [0.1, 0.15) is 5.56 Å². The lowest BCUT2D eigenvalue weighted by Gasteiger charge is -2.18. The molecule has 6 nitrogen and oxygen atoms in total. The standard InChI is InChI=1S/C13H11F3N2O4S/c14-13(15,16)11-7-18(6-10(11)12(19)20)23(21,22)9-3-1-8(5-17)2-4-9/h1-4,10-11H,6-7H2,(H,19,20)/t10-,11-/m1/s1. The number of hydrogen-bond acceptors (Lipinski definition) is 4. The minimum atomic E-state index is -4.81. The van der Waals surface area contributed by atoms with Gasteiger partial charge in [-0.05, 0) is 24.3 Å². The Morgan fingerprint density at radius 3 is 2.22 bits per heavy atom. The third-order valence-electron chi connectivity index (χ3n) is 3.65. The van der Waals surface area contributed by atoms with Gasteiger partial charge in [0.2, 0.25) is 10.0 Å². The fourth-order valence-electron chi connectivity index (χ4n) is 2.40. The highest BCUT2D eigenvalue weighted by molar-refractivity contribution is 7.89. The van der Waals surface area contributed by atoms with Crippen LogP contribution in [0.15, 0.2) is 29.2 Å². The first-order valence-electron chi connectivity index (χ1n) is 6.37. The molecule has 1 heterocycles. The summed E-state index contributed by atoms with van der Waals surface area (Å²) < 4.78 is 64.0. The van der Waals surface area contributed by atoms with Crippen molar-refractivity contribution >= 4 is 16.0 Å². The molecule has 0 spiro atoms. The molecule has 124 valence electrons. The van der Waals surface area contributed by atoms with Gasteiger partial charge >= 0.3 is 12.1 Å². The van der Waals surface area contributed by atoms with Crippen molar-refractivity contribution in [2.24, 2.45) is 11.8 Å². The van der Waals surface area contributed by atoms with Gasteiger partial charge < -0.3 is 5.11 Å². The number of nitrogens with zero attached hydrogens (tertiary/aromatic N) is 2. The van der Waals surface area contributed by atoms with E-state index in [4.69, 9.17) is 10.4 Å². The largest absolute Gasteiger partial charge is 0.481 e. The second-order valence-corrected chi connectivity index (χ2v) is 6.99. The molecule has 0 bridgehead atoms. The van der Waals surface area contributed by atoms with Crippen molar-refractivity contribution in [3.8, 4) is 6.07 Å². The summed E-state index contributed by atoms with van der Waals surface area (Å²) in [5, 5.41) is 17.6. The van der Waals surface area contributed by atoms with E-state index in [1.54, 1.807) is 6.07 Å². The number of halogens is 3. The topological polar surface area (TPSA) is 98.5 Å². The molecule has 2 atom stereocenters. The lowest BCUT2D eigenvalue weighted by atomic mass is 9.96. The van der Waals surface area contributed by atoms with E-state index in [0.717, 1.165) is 12.1 Å². The van der Waals surface area contributed by atoms with Crippen LogP contribution in [0.25, 0.3) is 0 Å². The van der Waals surface area contributed by atoms with Crippen molar-refractivity contribution in [2.75, 3.05) is 13.1 Å². The second kappa shape index (κ2) is 5.82. The zero-order valence-electron chi connectivity index (χ0n) is 11.5. The van der Waals surface area contributed by atoms with E-state index in [1.165, 1.54) is 12.1 Å². The van der Waals surface area contributed by atoms with Gasteiger partial charge in [-0.15, -0.1) is 0 Å². The molecule has 23 heavy (non-hydrogen) atoms. The molecular formula is C13H11F3N2O4S. The van der Waals surface area contributed by atoms with Crippen molar-refractivity contribution < 1.29 is 31.5 Å². The molecule has 0 radical (unpaired) electrons. The number of nitriles is 1. The van der Waals surface area contributed by atoms with Gasteiger partial charge in [-0.2, -0.15) is 22.7 Å². The maximum atomic E-state index is 12.9. The summed E-state index contributed by atoms with van der Waals surface area (Å²) in [6.07, 6.45) is -4.81. The van der Waals surface area contributed by atoms with Crippen LogP contribution in [0.3, 0.4) is 0 Å². The molecular weight excluding hydrogens is 337 g/mol. The molecule has 1 saturated heterocycles. The number of rotatable bonds is 3. The monoisotopic (exact) mass is 348 g/mol. The van der Waals surface area contributed by atoms with Crippen LogP contribution in [0.2, 0.25) is 0 Å². The summed E-state index contributed by atoms with van der Waals surface area (Å²) in [7, 11) is -4.26. The highest BCUT2D eigenvalue weighted by Crippen LogP contribution is 2.39. The Kier molecular flexibility index (Phi) is 4.37. The van der Waals surface area contributed by atoms with Gasteiger partial charge in [0.1, 0.15) is 0 Å². The van der Waals surface area contributed by atoms with Crippen molar-refractivity contribution in [2.45, 2.75) is 11.1 Å². The highest BCUT2D eigenvalue weighted by Gasteiger charge is 2.54. The molecule has 10 heteroatoms. The Morgan fingerprint density at radius 2 is 1.83 bits per heavy atom. The van der Waals surface area contributed by atoms with Gasteiger partial charge in [-0.3, -0.25) is 4.79 Å². The van der Waals surface area contributed by atoms with Crippen molar-refractivity contribution in [3.05, 3.63) is 29.8 Å². The van der Waals surface area contributed by atoms with E-state index < -0.39 is 47.1 Å². The van der Waals surface area contributed by atoms with E-state index in [-0.39, 0.29) is 10.5 Å². The predicted molar refractivity (Wildman–Crippen MR) is 70.6 cm³/mol. The van der Waals surface area contributed by atoms with E-state index in [0.29, 0.717) is 4.31 Å². The smallest absolute Gasteiger partial charge is 0.393 e. The van der Waals surface area contributed by atoms with Crippen LogP contribution in [0.5, 0.6) is 0 Å². The van der Waals surface area contributed by atoms with Crippen LogP contribution < -0.4 is 0 Å². The highest BCUT2D eigenvalue weighted by atomic mass is 32.2. The summed E-state index contributed by atoms with van der Waals surface area (Å²) in [6, 6.07) is 6.43. The molecule has 0 unspecified atom stereocenters. The Hall–Kier alpha value is -2.12. The molecule has 1 aliphatic heterocycles. The number of aliphatic carboxylic acids is 1. The zero-order chi connectivity index (χ0) is 17.4. The van der Waals surface area contributed by atoms with E-state index in [2.05, 4.69) is 0 Å². The van der Waals surface area contributed by atoms with Crippen LogP contribution >= 0.6 is 0 Å². The molecule has 1 aromatic rings. The molecule has 0 amide bonds. The normalized spacial score (nSPS) is 22.7. The average molecular weight is 348 g/mol. The third kappa shape index (κ3) is 3.30. The number of carboxylic acid groups (broad SMARTS) is 1. The van der Waals surface area contributed by atoms with Crippen LogP contribution in [0, 0.1) is 23.2 Å². The van der Waals surface area contributed by atoms with Crippen LogP contribution in [-0.4, -0.2) is 43.1 Å². The predicted octanol–water partition coefficient (Wildman–Crippen LogP) is 1.44. The quantitative estimate of drug-likeness (QED) is 0.891. The van der Waals surface area contributed by atoms with Gasteiger partial charge in [0.25, 0.3) is 0 Å². The number of hydrogen-bond donors (Lipinski definition) is 1. The summed E-state index contributed by atoms with van der Waals surface area (Å²) in [4.78, 5) is 10.7. The summed E-state index contributed by atoms with van der Waals surface area (Å²) in [5.41, 5.74) is 0.196. The van der Waals surface area contributed by atoms with Crippen molar-refractivity contribution in [1.82, 2.24) is 4.31 Å². The Morgan fingerprint density at radius 1 is 1.26 bits per heavy atom. The maximum Gasteiger partial charge on any atom is 0.393 e. The first-order chi connectivity index (χ1) is 10.6. The minimum Gasteiger partial charge on any atom is -0.481 e. The van der Waals surface area contributed by atoms with Crippen molar-refractivity contribution in [3.63, 3.8) is 0 Å². The van der Waals surface area contributed by atoms with E-state index in [1.807, 2.05) is 0 Å². The third-order valence-corrected chi connectivity index (χ3v) is 5.49. The van der Waals surface area contributed by atoms with Gasteiger partial charge in [-0.1, -0.05) is 0 Å². The molecule has 0 saturated carbocycles. The summed E-state index contributed by atoms with van der Waals surface area (Å²) in [5.74, 6) is -5.79. The lowest BCUT2D eigenvalue weighted by Crippen LogP contribution is -2.34. The summed E-state index contributed by atoms with van der Waals surface area (Å²) in [6.45, 7) is -1.69. The molecule has 1 aliphatic rings. The van der Waals surface area contributed by atoms with Gasteiger partial charge in [-0.25, -0.2) is 8.42 Å². The Balaban J connectivity index is 2.34. The maximum absolute atomic E-state index is 12.9. The number of carboxylic acids is 1. The molecule has 0 aromatic heterocycles. The van der Waals surface area contributed by atoms with Crippen LogP contribution in [0.4, 0.5) is 13.2 Å². The Bertz CT molecular complexity index is 753. The van der Waals surface area contributed by atoms with E-state index in [9.17, 15) is 26.4 Å². The first kappa shape index (κ1) is 17.2. The zero-order valence-corrected chi connectivity index (χ0v) is 12.3. The number of carbonyl (C=O) groups is 1. The van der Waals surface area contributed by atoms with Crippen LogP contribution in [-0.2, 0) is 14.8 Å². The number of sulfonamides is 1. The fraction of sp³-hybridized carbons (Fsp3) is 0.385. The average Bonchev–Trinajstić information content (AvgIpc) is 2.93. The second-order valence-electron chi connectivity index (χ2n) is 5.05. The summed E-state index contributed by atoms with van der Waals surface area (Å²) >= 11 is 0.